The van der Waals surface area contributed by atoms with Crippen LogP contribution in [-0.2, 0) is 9.59 Å². The number of unbranched alkanes of at least 4 members (excludes halogenated alkanes) is 2. The van der Waals surface area contributed by atoms with Crippen molar-refractivity contribution >= 4 is 17.5 Å². The first kappa shape index (κ1) is 18.6. The first-order chi connectivity index (χ1) is 12.0. The number of aryl methyl sites for hydroxylation is 1. The minimum absolute atomic E-state index is 0.0471. The number of carbonyl (C=O) groups is 2. The Labute approximate surface area is 146 Å². The summed E-state index contributed by atoms with van der Waals surface area (Å²) in [6.45, 7) is 3.89. The normalized spacial score (nSPS) is 10.5. The van der Waals surface area contributed by atoms with Crippen LogP contribution in [0.25, 0.3) is 5.69 Å². The Morgan fingerprint density at radius 2 is 2.04 bits per heavy atom. The number of aromatic nitrogens is 2. The van der Waals surface area contributed by atoms with Gasteiger partial charge in [-0.2, -0.15) is 0 Å². The molecule has 0 aliphatic heterocycles. The van der Waals surface area contributed by atoms with Gasteiger partial charge in [-0.25, -0.2) is 9.37 Å². The molecule has 0 aliphatic carbocycles. The van der Waals surface area contributed by atoms with E-state index in [9.17, 15) is 14.0 Å². The first-order valence-electron chi connectivity index (χ1n) is 8.31. The Bertz CT molecular complexity index is 742. The fraction of sp³-hybridized carbons (Fsp3) is 0.389. The molecule has 1 aromatic carbocycles. The van der Waals surface area contributed by atoms with E-state index in [1.165, 1.54) is 13.0 Å². The van der Waals surface area contributed by atoms with Crippen LogP contribution in [-0.4, -0.2) is 27.9 Å². The molecule has 1 aromatic heterocycles. The molecule has 0 saturated carbocycles. The minimum Gasteiger partial charge on any atom is -0.356 e. The summed E-state index contributed by atoms with van der Waals surface area (Å²) in [6, 6.07) is 4.60. The average molecular weight is 346 g/mol. The number of carbonyl (C=O) groups excluding carboxylic acids is 2. The summed E-state index contributed by atoms with van der Waals surface area (Å²) in [5, 5.41) is 5.42. The van der Waals surface area contributed by atoms with E-state index in [1.807, 2.05) is 0 Å². The van der Waals surface area contributed by atoms with Crippen LogP contribution >= 0.6 is 0 Å². The van der Waals surface area contributed by atoms with Crippen molar-refractivity contribution in [2.24, 2.45) is 0 Å². The van der Waals surface area contributed by atoms with Crippen LogP contribution in [0, 0.1) is 12.7 Å². The standard InChI is InChI=1S/C18H23FN4O2/c1-13-20-10-11-23(13)17-8-7-15(12-16(17)19)22-18(25)6-4-3-5-9-21-14(2)24/h7-8,10-12H,3-6,9H2,1-2H3,(H,21,24)(H,22,25). The number of nitrogens with zero attached hydrogens (tertiary/aromatic N) is 2. The maximum atomic E-state index is 14.3. The molecule has 0 unspecified atom stereocenters. The quantitative estimate of drug-likeness (QED) is 0.722. The van der Waals surface area contributed by atoms with Crippen LogP contribution in [0.2, 0.25) is 0 Å². The molecule has 2 amide bonds. The van der Waals surface area contributed by atoms with Gasteiger partial charge >= 0.3 is 0 Å². The predicted octanol–water partition coefficient (Wildman–Crippen LogP) is 2.95. The summed E-state index contributed by atoms with van der Waals surface area (Å²) < 4.78 is 15.9. The molecule has 6 nitrogen and oxygen atoms in total. The van der Waals surface area contributed by atoms with Gasteiger partial charge in [-0.05, 0) is 38.0 Å². The number of benzene rings is 1. The Morgan fingerprint density at radius 1 is 1.24 bits per heavy atom. The third-order valence-corrected chi connectivity index (χ3v) is 3.77. The van der Waals surface area contributed by atoms with E-state index in [0.717, 1.165) is 19.3 Å². The van der Waals surface area contributed by atoms with Crippen molar-refractivity contribution in [1.29, 1.82) is 0 Å². The van der Waals surface area contributed by atoms with E-state index < -0.39 is 5.82 Å². The van der Waals surface area contributed by atoms with Gasteiger partial charge in [0.05, 0.1) is 5.69 Å². The SMILES string of the molecule is CC(=O)NCCCCCC(=O)Nc1ccc(-n2ccnc2C)c(F)c1. The third-order valence-electron chi connectivity index (χ3n) is 3.77. The molecule has 134 valence electrons. The van der Waals surface area contributed by atoms with Gasteiger partial charge in [-0.15, -0.1) is 0 Å². The van der Waals surface area contributed by atoms with Gasteiger partial charge in [-0.1, -0.05) is 6.42 Å². The lowest BCUT2D eigenvalue weighted by Gasteiger charge is -2.10. The Hall–Kier alpha value is -2.70. The van der Waals surface area contributed by atoms with Crippen LogP contribution in [0.5, 0.6) is 0 Å². The largest absolute Gasteiger partial charge is 0.356 e. The molecule has 7 heteroatoms. The molecule has 0 bridgehead atoms. The fourth-order valence-corrected chi connectivity index (χ4v) is 2.49. The van der Waals surface area contributed by atoms with Gasteiger partial charge in [-0.3, -0.25) is 9.59 Å². The number of halogens is 1. The second-order valence-electron chi connectivity index (χ2n) is 5.85. The average Bonchev–Trinajstić information content (AvgIpc) is 2.96. The van der Waals surface area contributed by atoms with Gasteiger partial charge in [0, 0.05) is 38.0 Å². The molecular formula is C18H23FN4O2. The van der Waals surface area contributed by atoms with Crippen LogP contribution in [0.1, 0.15) is 38.4 Å². The number of amides is 2. The van der Waals surface area contributed by atoms with Crippen molar-refractivity contribution in [3.63, 3.8) is 0 Å². The van der Waals surface area contributed by atoms with Crippen LogP contribution in [0.15, 0.2) is 30.6 Å². The summed E-state index contributed by atoms with van der Waals surface area (Å²) in [6.07, 6.45) is 6.06. The highest BCUT2D eigenvalue weighted by Gasteiger charge is 2.09. The molecule has 1 heterocycles. The van der Waals surface area contributed by atoms with E-state index in [2.05, 4.69) is 15.6 Å². The Balaban J connectivity index is 1.80. The van der Waals surface area contributed by atoms with Crippen molar-refractivity contribution in [2.45, 2.75) is 39.5 Å². The zero-order chi connectivity index (χ0) is 18.2. The topological polar surface area (TPSA) is 76.0 Å². The van der Waals surface area contributed by atoms with Gasteiger partial charge in [0.2, 0.25) is 11.8 Å². The smallest absolute Gasteiger partial charge is 0.224 e. The van der Waals surface area contributed by atoms with E-state index in [-0.39, 0.29) is 11.8 Å². The highest BCUT2D eigenvalue weighted by atomic mass is 19.1. The number of anilines is 1. The fourth-order valence-electron chi connectivity index (χ4n) is 2.49. The first-order valence-corrected chi connectivity index (χ1v) is 8.31. The molecule has 0 aliphatic rings. The third kappa shape index (κ3) is 5.70. The van der Waals surface area contributed by atoms with Crippen LogP contribution in [0.3, 0.4) is 0 Å². The summed E-state index contributed by atoms with van der Waals surface area (Å²) in [5.41, 5.74) is 0.827. The van der Waals surface area contributed by atoms with Crippen LogP contribution < -0.4 is 10.6 Å². The maximum absolute atomic E-state index is 14.3. The lowest BCUT2D eigenvalue weighted by Crippen LogP contribution is -2.20. The molecular weight excluding hydrogens is 323 g/mol. The van der Waals surface area contributed by atoms with Crippen molar-refractivity contribution in [3.05, 3.63) is 42.2 Å². The van der Waals surface area contributed by atoms with Crippen molar-refractivity contribution < 1.29 is 14.0 Å². The zero-order valence-corrected chi connectivity index (χ0v) is 14.5. The Kier molecular flexibility index (Phi) is 6.68. The molecule has 0 radical (unpaired) electrons. The summed E-state index contributed by atoms with van der Waals surface area (Å²) in [4.78, 5) is 26.7. The molecule has 25 heavy (non-hydrogen) atoms. The highest BCUT2D eigenvalue weighted by Crippen LogP contribution is 2.19. The van der Waals surface area contributed by atoms with E-state index >= 15 is 0 Å². The monoisotopic (exact) mass is 346 g/mol. The Morgan fingerprint density at radius 3 is 2.68 bits per heavy atom. The number of nitrogens with one attached hydrogen (secondary N) is 2. The van der Waals surface area contributed by atoms with E-state index in [0.29, 0.717) is 30.2 Å². The zero-order valence-electron chi connectivity index (χ0n) is 14.5. The maximum Gasteiger partial charge on any atom is 0.224 e. The van der Waals surface area contributed by atoms with Crippen LogP contribution in [0.4, 0.5) is 10.1 Å². The number of rotatable bonds is 8. The predicted molar refractivity (Wildman–Crippen MR) is 94.0 cm³/mol. The molecule has 2 aromatic rings. The number of imidazole rings is 1. The number of hydrogen-bond acceptors (Lipinski definition) is 3. The second-order valence-corrected chi connectivity index (χ2v) is 5.85. The van der Waals surface area contributed by atoms with Crippen molar-refractivity contribution in [3.8, 4) is 5.69 Å². The molecule has 2 N–H and O–H groups in total. The van der Waals surface area contributed by atoms with Crippen molar-refractivity contribution in [2.75, 3.05) is 11.9 Å². The molecule has 2 rings (SSSR count). The van der Waals surface area contributed by atoms with Gasteiger partial charge in [0.1, 0.15) is 11.6 Å². The summed E-state index contributed by atoms with van der Waals surface area (Å²) in [7, 11) is 0. The second kappa shape index (κ2) is 8.96. The van der Waals surface area contributed by atoms with Crippen molar-refractivity contribution in [1.82, 2.24) is 14.9 Å². The van der Waals surface area contributed by atoms with Gasteiger partial charge < -0.3 is 15.2 Å². The molecule has 0 fully saturated rings. The number of hydrogen-bond donors (Lipinski definition) is 2. The molecule has 0 spiro atoms. The minimum atomic E-state index is -0.422. The lowest BCUT2D eigenvalue weighted by molar-refractivity contribution is -0.119. The van der Waals surface area contributed by atoms with E-state index in [1.54, 1.807) is 36.0 Å². The summed E-state index contributed by atoms with van der Waals surface area (Å²) in [5.74, 6) is 0.0729. The van der Waals surface area contributed by atoms with E-state index in [4.69, 9.17) is 0 Å². The summed E-state index contributed by atoms with van der Waals surface area (Å²) >= 11 is 0. The highest BCUT2D eigenvalue weighted by molar-refractivity contribution is 5.90. The van der Waals surface area contributed by atoms with Gasteiger partial charge in [0.15, 0.2) is 0 Å². The lowest BCUT2D eigenvalue weighted by atomic mass is 10.2. The van der Waals surface area contributed by atoms with Gasteiger partial charge in [0.25, 0.3) is 0 Å². The molecule has 0 saturated heterocycles. The molecule has 0 atom stereocenters.